The van der Waals surface area contributed by atoms with Crippen molar-refractivity contribution in [1.29, 1.82) is 0 Å². The van der Waals surface area contributed by atoms with Crippen molar-refractivity contribution in [3.8, 4) is 5.75 Å². The molecule has 7 heteroatoms. The van der Waals surface area contributed by atoms with Gasteiger partial charge >= 0.3 is 0 Å². The molecule has 0 N–H and O–H groups in total. The Hall–Kier alpha value is -2.22. The van der Waals surface area contributed by atoms with Gasteiger partial charge in [-0.05, 0) is 61.7 Å². The zero-order valence-corrected chi connectivity index (χ0v) is 23.0. The number of ether oxygens (including phenoxy) is 1. The highest BCUT2D eigenvalue weighted by Gasteiger charge is 2.20. The van der Waals surface area contributed by atoms with Gasteiger partial charge in [0.25, 0.3) is 5.91 Å². The number of piperidine rings is 1. The molecule has 4 rings (SSSR count). The first-order valence-corrected chi connectivity index (χ1v) is 14.1. The van der Waals surface area contributed by atoms with Gasteiger partial charge in [0.05, 0.1) is 12.2 Å². The third-order valence-electron chi connectivity index (χ3n) is 6.34. The fraction of sp³-hybridized carbons (Fsp3) is 0.429. The second-order valence-electron chi connectivity index (χ2n) is 9.35. The molecule has 1 aliphatic heterocycles. The molecule has 2 aromatic carbocycles. The van der Waals surface area contributed by atoms with E-state index in [4.69, 9.17) is 9.72 Å². The lowest BCUT2D eigenvalue weighted by Crippen LogP contribution is -2.40. The number of halogens is 1. The standard InChI is InChI=1S/C28H34BrN3O2S/c1-21(2)25-11-4-5-12-26(25)34-19-27-30-24(20-35-27)18-32(16-15-31-13-6-3-7-14-31)28(33)22-9-8-10-23(29)17-22/h4-5,8-12,17,20-21H,3,6-7,13-16,18-19H2,1-2H3. The Labute approximate surface area is 221 Å². The quantitative estimate of drug-likeness (QED) is 0.278. The summed E-state index contributed by atoms with van der Waals surface area (Å²) in [4.78, 5) is 22.6. The maximum Gasteiger partial charge on any atom is 0.254 e. The SMILES string of the molecule is CC(C)c1ccccc1OCc1nc(CN(CCN2CCCCC2)C(=O)c2cccc(Br)c2)cs1. The van der Waals surface area contributed by atoms with Crippen LogP contribution in [0.25, 0.3) is 0 Å². The molecule has 0 atom stereocenters. The molecule has 0 bridgehead atoms. The van der Waals surface area contributed by atoms with Gasteiger partial charge in [-0.2, -0.15) is 0 Å². The van der Waals surface area contributed by atoms with E-state index >= 15 is 0 Å². The highest BCUT2D eigenvalue weighted by Crippen LogP contribution is 2.27. The predicted octanol–water partition coefficient (Wildman–Crippen LogP) is 6.74. The molecule has 3 aromatic rings. The number of thiazole rings is 1. The summed E-state index contributed by atoms with van der Waals surface area (Å²) in [6.07, 6.45) is 3.80. The van der Waals surface area contributed by atoms with Gasteiger partial charge in [-0.1, -0.05) is 60.5 Å². The van der Waals surface area contributed by atoms with Crippen molar-refractivity contribution < 1.29 is 9.53 Å². The molecule has 35 heavy (non-hydrogen) atoms. The molecule has 2 heterocycles. The predicted molar refractivity (Wildman–Crippen MR) is 146 cm³/mol. The maximum absolute atomic E-state index is 13.4. The lowest BCUT2D eigenvalue weighted by atomic mass is 10.0. The van der Waals surface area contributed by atoms with Crippen molar-refractivity contribution in [2.75, 3.05) is 26.2 Å². The smallest absolute Gasteiger partial charge is 0.254 e. The fourth-order valence-corrected chi connectivity index (χ4v) is 5.51. The lowest BCUT2D eigenvalue weighted by molar-refractivity contribution is 0.0713. The summed E-state index contributed by atoms with van der Waals surface area (Å²) in [5.74, 6) is 1.35. The number of hydrogen-bond donors (Lipinski definition) is 0. The number of aromatic nitrogens is 1. The Morgan fingerprint density at radius 2 is 1.94 bits per heavy atom. The summed E-state index contributed by atoms with van der Waals surface area (Å²) in [5.41, 5.74) is 2.81. The summed E-state index contributed by atoms with van der Waals surface area (Å²) in [5, 5.41) is 2.97. The van der Waals surface area contributed by atoms with E-state index < -0.39 is 0 Å². The average molecular weight is 557 g/mol. The molecule has 1 aromatic heterocycles. The fourth-order valence-electron chi connectivity index (χ4n) is 4.41. The van der Waals surface area contributed by atoms with Gasteiger partial charge in [-0.3, -0.25) is 4.79 Å². The Kier molecular flexibility index (Phi) is 9.35. The van der Waals surface area contributed by atoms with Crippen molar-refractivity contribution >= 4 is 33.2 Å². The number of nitrogens with zero attached hydrogens (tertiary/aromatic N) is 3. The van der Waals surface area contributed by atoms with Crippen molar-refractivity contribution in [2.45, 2.75) is 52.2 Å². The first kappa shape index (κ1) is 25.9. The zero-order valence-electron chi connectivity index (χ0n) is 20.6. The van der Waals surface area contributed by atoms with E-state index in [1.54, 1.807) is 11.3 Å². The number of likely N-dealkylation sites (tertiary alicyclic amines) is 1. The van der Waals surface area contributed by atoms with Gasteiger partial charge < -0.3 is 14.5 Å². The van der Waals surface area contributed by atoms with Crippen LogP contribution in [0.3, 0.4) is 0 Å². The molecule has 186 valence electrons. The third-order valence-corrected chi connectivity index (χ3v) is 7.70. The molecule has 1 amide bonds. The number of para-hydroxylation sites is 1. The van der Waals surface area contributed by atoms with Crippen molar-refractivity contribution in [3.63, 3.8) is 0 Å². The van der Waals surface area contributed by atoms with Crippen LogP contribution in [0.4, 0.5) is 0 Å². The van der Waals surface area contributed by atoms with E-state index in [9.17, 15) is 4.79 Å². The summed E-state index contributed by atoms with van der Waals surface area (Å²) in [7, 11) is 0. The molecule has 1 saturated heterocycles. The van der Waals surface area contributed by atoms with Crippen molar-refractivity contribution in [2.24, 2.45) is 0 Å². The molecular formula is C28H34BrN3O2S. The highest BCUT2D eigenvalue weighted by molar-refractivity contribution is 9.10. The molecule has 1 fully saturated rings. The van der Waals surface area contributed by atoms with E-state index in [1.165, 1.54) is 24.8 Å². The normalized spacial score (nSPS) is 14.3. The van der Waals surface area contributed by atoms with E-state index in [0.29, 0.717) is 31.2 Å². The van der Waals surface area contributed by atoms with Crippen LogP contribution >= 0.6 is 27.3 Å². The average Bonchev–Trinajstić information content (AvgIpc) is 3.33. The minimum absolute atomic E-state index is 0.0416. The number of rotatable bonds is 10. The number of carbonyl (C=O) groups excluding carboxylic acids is 1. The minimum Gasteiger partial charge on any atom is -0.486 e. The summed E-state index contributed by atoms with van der Waals surface area (Å²) < 4.78 is 7.03. The van der Waals surface area contributed by atoms with Crippen LogP contribution in [0, 0.1) is 0 Å². The van der Waals surface area contributed by atoms with Crippen LogP contribution in [-0.4, -0.2) is 46.9 Å². The first-order valence-electron chi connectivity index (χ1n) is 12.4. The van der Waals surface area contributed by atoms with Crippen molar-refractivity contribution in [1.82, 2.24) is 14.8 Å². The van der Waals surface area contributed by atoms with Crippen LogP contribution in [0.15, 0.2) is 58.4 Å². The van der Waals surface area contributed by atoms with E-state index in [0.717, 1.165) is 40.6 Å². The van der Waals surface area contributed by atoms with Gasteiger partial charge in [0, 0.05) is 28.5 Å². The van der Waals surface area contributed by atoms with E-state index in [-0.39, 0.29) is 5.91 Å². The van der Waals surface area contributed by atoms with Gasteiger partial charge in [0.15, 0.2) is 0 Å². The monoisotopic (exact) mass is 555 g/mol. The number of hydrogen-bond acceptors (Lipinski definition) is 5. The summed E-state index contributed by atoms with van der Waals surface area (Å²) in [6, 6.07) is 15.8. The van der Waals surface area contributed by atoms with Gasteiger partial charge in [0.1, 0.15) is 17.4 Å². The minimum atomic E-state index is 0.0416. The van der Waals surface area contributed by atoms with Gasteiger partial charge in [0.2, 0.25) is 0 Å². The van der Waals surface area contributed by atoms with E-state index in [1.807, 2.05) is 47.4 Å². The second kappa shape index (κ2) is 12.7. The van der Waals surface area contributed by atoms with Crippen LogP contribution in [-0.2, 0) is 13.2 Å². The number of benzene rings is 2. The Bertz CT molecular complexity index is 1110. The van der Waals surface area contributed by atoms with Gasteiger partial charge in [-0.25, -0.2) is 4.98 Å². The lowest BCUT2D eigenvalue weighted by Gasteiger charge is -2.30. The van der Waals surface area contributed by atoms with Crippen LogP contribution in [0.1, 0.15) is 65.7 Å². The molecule has 0 saturated carbocycles. The van der Waals surface area contributed by atoms with Crippen LogP contribution in [0.5, 0.6) is 5.75 Å². The second-order valence-corrected chi connectivity index (χ2v) is 11.2. The molecule has 1 aliphatic rings. The number of amides is 1. The Morgan fingerprint density at radius 3 is 2.71 bits per heavy atom. The first-order chi connectivity index (χ1) is 17.0. The van der Waals surface area contributed by atoms with Gasteiger partial charge in [-0.15, -0.1) is 11.3 Å². The third kappa shape index (κ3) is 7.38. The highest BCUT2D eigenvalue weighted by atomic mass is 79.9. The topological polar surface area (TPSA) is 45.7 Å². The largest absolute Gasteiger partial charge is 0.486 e. The van der Waals surface area contributed by atoms with E-state index in [2.05, 4.69) is 46.1 Å². The summed E-state index contributed by atoms with van der Waals surface area (Å²) >= 11 is 5.09. The van der Waals surface area contributed by atoms with Crippen LogP contribution in [0.2, 0.25) is 0 Å². The molecule has 0 unspecified atom stereocenters. The zero-order chi connectivity index (χ0) is 24.6. The molecule has 0 radical (unpaired) electrons. The Morgan fingerprint density at radius 1 is 1.14 bits per heavy atom. The molecular weight excluding hydrogens is 522 g/mol. The number of carbonyl (C=O) groups is 1. The summed E-state index contributed by atoms with van der Waals surface area (Å²) in [6.45, 7) is 9.10. The molecule has 0 aliphatic carbocycles. The molecule has 5 nitrogen and oxygen atoms in total. The Balaban J connectivity index is 1.43. The van der Waals surface area contributed by atoms with Crippen LogP contribution < -0.4 is 4.74 Å². The van der Waals surface area contributed by atoms with Crippen molar-refractivity contribution in [3.05, 3.63) is 80.2 Å². The maximum atomic E-state index is 13.4. The molecule has 0 spiro atoms.